The number of nitrogens with zero attached hydrogens (tertiary/aromatic N) is 3. The molecule has 5 heteroatoms. The Kier molecular flexibility index (Phi) is 3.35. The molecule has 3 aliphatic rings. The van der Waals surface area contributed by atoms with Gasteiger partial charge in [0.2, 0.25) is 11.8 Å². The Morgan fingerprint density at radius 1 is 0.731 bits per heavy atom. The normalized spacial score (nSPS) is 29.2. The van der Waals surface area contributed by atoms with E-state index in [1.165, 1.54) is 4.90 Å². The lowest BCUT2D eigenvalue weighted by atomic mass is 9.85. The lowest BCUT2D eigenvalue weighted by Crippen LogP contribution is -2.32. The molecule has 4 atom stereocenters. The van der Waals surface area contributed by atoms with Gasteiger partial charge in [0.1, 0.15) is 0 Å². The molecular formula is C21H17N3O2. The van der Waals surface area contributed by atoms with Crippen LogP contribution in [0.4, 0.5) is 17.1 Å². The largest absolute Gasteiger partial charge is 0.274 e. The summed E-state index contributed by atoms with van der Waals surface area (Å²) in [5.74, 6) is -0.00768. The molecule has 5 rings (SSSR count). The number of carbonyl (C=O) groups excluding carboxylic acids is 2. The zero-order valence-corrected chi connectivity index (χ0v) is 14.0. The van der Waals surface area contributed by atoms with Crippen LogP contribution in [0.25, 0.3) is 0 Å². The summed E-state index contributed by atoms with van der Waals surface area (Å²) in [6, 6.07) is 16.6. The third-order valence-electron chi connectivity index (χ3n) is 5.62. The van der Waals surface area contributed by atoms with Crippen molar-refractivity contribution < 1.29 is 9.59 Å². The maximum absolute atomic E-state index is 12.8. The molecule has 0 spiro atoms. The highest BCUT2D eigenvalue weighted by atomic mass is 16.2. The molecule has 0 aromatic heterocycles. The molecule has 26 heavy (non-hydrogen) atoms. The molecule has 2 bridgehead atoms. The van der Waals surface area contributed by atoms with E-state index in [-0.39, 0.29) is 35.5 Å². The molecule has 1 aliphatic heterocycles. The van der Waals surface area contributed by atoms with E-state index in [0.717, 1.165) is 12.1 Å². The van der Waals surface area contributed by atoms with Gasteiger partial charge in [0.15, 0.2) is 0 Å². The standard InChI is InChI=1S/C21H17N3O2/c25-20-18-13-6-7-14(12-13)19(18)21(26)24(20)17-10-8-16(9-11-17)23-22-15-4-2-1-3-5-15/h1-11,13-14,18-19H,12H2/t13-,14-,18-,19+/m0/s1. The van der Waals surface area contributed by atoms with Gasteiger partial charge in [-0.15, -0.1) is 0 Å². The second-order valence-electron chi connectivity index (χ2n) is 7.06. The number of carbonyl (C=O) groups is 2. The predicted octanol–water partition coefficient (Wildman–Crippen LogP) is 4.41. The van der Waals surface area contributed by atoms with Gasteiger partial charge in [0.05, 0.1) is 28.9 Å². The van der Waals surface area contributed by atoms with Crippen molar-refractivity contribution in [2.45, 2.75) is 6.42 Å². The minimum atomic E-state index is -0.171. The second kappa shape index (κ2) is 5.73. The van der Waals surface area contributed by atoms with Gasteiger partial charge in [-0.25, -0.2) is 0 Å². The smallest absolute Gasteiger partial charge is 0.238 e. The lowest BCUT2D eigenvalue weighted by molar-refractivity contribution is -0.123. The monoisotopic (exact) mass is 343 g/mol. The third kappa shape index (κ3) is 2.24. The van der Waals surface area contributed by atoms with E-state index < -0.39 is 0 Å². The molecule has 0 radical (unpaired) electrons. The number of hydrogen-bond donors (Lipinski definition) is 0. The molecule has 2 fully saturated rings. The van der Waals surface area contributed by atoms with E-state index >= 15 is 0 Å². The van der Waals surface area contributed by atoms with Gasteiger partial charge in [-0.1, -0.05) is 30.4 Å². The van der Waals surface area contributed by atoms with Crippen molar-refractivity contribution in [2.24, 2.45) is 33.9 Å². The average Bonchev–Trinajstić information content (AvgIpc) is 3.35. The maximum Gasteiger partial charge on any atom is 0.238 e. The zero-order valence-electron chi connectivity index (χ0n) is 14.0. The Morgan fingerprint density at radius 2 is 1.27 bits per heavy atom. The molecule has 2 aromatic carbocycles. The molecule has 2 amide bonds. The Bertz CT molecular complexity index is 903. The summed E-state index contributed by atoms with van der Waals surface area (Å²) in [6.07, 6.45) is 5.15. The molecule has 1 saturated carbocycles. The van der Waals surface area contributed by atoms with Crippen molar-refractivity contribution in [1.82, 2.24) is 0 Å². The van der Waals surface area contributed by atoms with Crippen LogP contribution in [0.5, 0.6) is 0 Å². The molecule has 128 valence electrons. The first-order valence-electron chi connectivity index (χ1n) is 8.85. The Balaban J connectivity index is 1.38. The Hall–Kier alpha value is -3.08. The van der Waals surface area contributed by atoms with Crippen molar-refractivity contribution in [3.63, 3.8) is 0 Å². The number of fused-ring (bicyclic) bond motifs is 5. The molecule has 2 aliphatic carbocycles. The van der Waals surface area contributed by atoms with Crippen LogP contribution in [-0.2, 0) is 9.59 Å². The van der Waals surface area contributed by atoms with Gasteiger partial charge >= 0.3 is 0 Å². The van der Waals surface area contributed by atoms with E-state index in [2.05, 4.69) is 22.4 Å². The fraction of sp³-hybridized carbons (Fsp3) is 0.238. The van der Waals surface area contributed by atoms with Crippen molar-refractivity contribution >= 4 is 28.9 Å². The van der Waals surface area contributed by atoms with Crippen LogP contribution in [0.2, 0.25) is 0 Å². The van der Waals surface area contributed by atoms with Gasteiger partial charge in [0.25, 0.3) is 0 Å². The maximum atomic E-state index is 12.8. The summed E-state index contributed by atoms with van der Waals surface area (Å²) < 4.78 is 0. The van der Waals surface area contributed by atoms with Crippen LogP contribution < -0.4 is 4.90 Å². The number of rotatable bonds is 3. The summed E-state index contributed by atoms with van der Waals surface area (Å²) in [5, 5.41) is 8.38. The van der Waals surface area contributed by atoms with Crippen LogP contribution >= 0.6 is 0 Å². The Morgan fingerprint density at radius 3 is 1.85 bits per heavy atom. The highest BCUT2D eigenvalue weighted by Gasteiger charge is 2.59. The summed E-state index contributed by atoms with van der Waals surface area (Å²) in [4.78, 5) is 27.0. The molecule has 1 heterocycles. The summed E-state index contributed by atoms with van der Waals surface area (Å²) in [7, 11) is 0. The first-order valence-corrected chi connectivity index (χ1v) is 8.85. The fourth-order valence-corrected chi connectivity index (χ4v) is 4.44. The van der Waals surface area contributed by atoms with Gasteiger partial charge in [-0.05, 0) is 54.7 Å². The third-order valence-corrected chi connectivity index (χ3v) is 5.62. The molecule has 0 N–H and O–H groups in total. The van der Waals surface area contributed by atoms with Crippen molar-refractivity contribution in [1.29, 1.82) is 0 Å². The molecule has 5 nitrogen and oxygen atoms in total. The first-order chi connectivity index (χ1) is 12.7. The quantitative estimate of drug-likeness (QED) is 0.471. The fourth-order valence-electron chi connectivity index (χ4n) is 4.44. The molecule has 1 saturated heterocycles. The number of benzene rings is 2. The van der Waals surface area contributed by atoms with Gasteiger partial charge < -0.3 is 0 Å². The topological polar surface area (TPSA) is 62.1 Å². The van der Waals surface area contributed by atoms with E-state index in [1.54, 1.807) is 24.3 Å². The van der Waals surface area contributed by atoms with Gasteiger partial charge in [-0.3, -0.25) is 14.5 Å². The number of azo groups is 1. The van der Waals surface area contributed by atoms with Crippen LogP contribution in [0.3, 0.4) is 0 Å². The van der Waals surface area contributed by atoms with E-state index in [9.17, 15) is 9.59 Å². The van der Waals surface area contributed by atoms with Crippen LogP contribution in [0, 0.1) is 23.7 Å². The van der Waals surface area contributed by atoms with Crippen molar-refractivity contribution in [3.8, 4) is 0 Å². The van der Waals surface area contributed by atoms with Crippen LogP contribution in [-0.4, -0.2) is 11.8 Å². The van der Waals surface area contributed by atoms with E-state index in [1.807, 2.05) is 30.3 Å². The average molecular weight is 343 g/mol. The van der Waals surface area contributed by atoms with Crippen molar-refractivity contribution in [3.05, 3.63) is 66.7 Å². The van der Waals surface area contributed by atoms with Gasteiger partial charge in [0, 0.05) is 0 Å². The number of hydrogen-bond acceptors (Lipinski definition) is 4. The minimum absolute atomic E-state index is 0.0597. The van der Waals surface area contributed by atoms with Crippen molar-refractivity contribution in [2.75, 3.05) is 4.90 Å². The summed E-state index contributed by atoms with van der Waals surface area (Å²) in [5.41, 5.74) is 2.07. The number of anilines is 1. The highest BCUT2D eigenvalue weighted by molar-refractivity contribution is 6.22. The minimum Gasteiger partial charge on any atom is -0.274 e. The lowest BCUT2D eigenvalue weighted by Gasteiger charge is -2.17. The molecule has 0 unspecified atom stereocenters. The summed E-state index contributed by atoms with van der Waals surface area (Å²) in [6.45, 7) is 0. The Labute approximate surface area is 151 Å². The zero-order chi connectivity index (χ0) is 17.7. The SMILES string of the molecule is O=C1[C@@H]2[C@H](C(=O)N1c1ccc(N=Nc3ccccc3)cc1)[C@H]1C=C[C@H]2C1. The van der Waals surface area contributed by atoms with E-state index in [4.69, 9.17) is 0 Å². The first kappa shape index (κ1) is 15.2. The second-order valence-corrected chi connectivity index (χ2v) is 7.06. The van der Waals surface area contributed by atoms with Gasteiger partial charge in [-0.2, -0.15) is 10.2 Å². The number of imide groups is 1. The van der Waals surface area contributed by atoms with Crippen LogP contribution in [0.1, 0.15) is 6.42 Å². The number of amides is 2. The predicted molar refractivity (Wildman–Crippen MR) is 97.3 cm³/mol. The highest BCUT2D eigenvalue weighted by Crippen LogP contribution is 2.53. The number of allylic oxidation sites excluding steroid dienone is 2. The summed E-state index contributed by atoms with van der Waals surface area (Å²) >= 11 is 0. The van der Waals surface area contributed by atoms with Crippen LogP contribution in [0.15, 0.2) is 77.0 Å². The molecular weight excluding hydrogens is 326 g/mol. The van der Waals surface area contributed by atoms with E-state index in [0.29, 0.717) is 11.4 Å². The molecule has 2 aromatic rings.